The quantitative estimate of drug-likeness (QED) is 0.620. The molecule has 5 nitrogen and oxygen atoms in total. The zero-order valence-corrected chi connectivity index (χ0v) is 10.3. The Morgan fingerprint density at radius 1 is 1.65 bits per heavy atom. The summed E-state index contributed by atoms with van der Waals surface area (Å²) in [5, 5.41) is 13.0. The number of hydrogen-bond donors (Lipinski definition) is 1. The molecular formula is C12H17N3O2. The molecule has 0 saturated heterocycles. The Balaban J connectivity index is 3.18. The number of carboxylic acids is 1. The van der Waals surface area contributed by atoms with Gasteiger partial charge in [-0.2, -0.15) is 5.10 Å². The second-order valence-electron chi connectivity index (χ2n) is 3.79. The molecule has 92 valence electrons. The van der Waals surface area contributed by atoms with Crippen LogP contribution in [0.15, 0.2) is 18.7 Å². The van der Waals surface area contributed by atoms with Gasteiger partial charge in [0.05, 0.1) is 5.69 Å². The molecule has 5 heteroatoms. The van der Waals surface area contributed by atoms with Crippen LogP contribution in [0.5, 0.6) is 0 Å². The van der Waals surface area contributed by atoms with E-state index in [0.29, 0.717) is 6.54 Å². The largest absolute Gasteiger partial charge is 0.478 e. The molecule has 0 aliphatic rings. The van der Waals surface area contributed by atoms with Gasteiger partial charge in [-0.15, -0.1) is 6.58 Å². The molecule has 1 rings (SSSR count). The van der Waals surface area contributed by atoms with Crippen LogP contribution in [0.4, 0.5) is 5.82 Å². The smallest absolute Gasteiger partial charge is 0.328 e. The second-order valence-corrected chi connectivity index (χ2v) is 3.79. The van der Waals surface area contributed by atoms with E-state index < -0.39 is 5.97 Å². The van der Waals surface area contributed by atoms with Crippen LogP contribution in [-0.2, 0) is 11.8 Å². The van der Waals surface area contributed by atoms with Crippen LogP contribution in [0.3, 0.4) is 0 Å². The van der Waals surface area contributed by atoms with Gasteiger partial charge < -0.3 is 10.0 Å². The first-order valence-electron chi connectivity index (χ1n) is 5.24. The lowest BCUT2D eigenvalue weighted by atomic mass is 10.2. The van der Waals surface area contributed by atoms with Crippen molar-refractivity contribution >= 4 is 17.9 Å². The number of nitrogens with zero attached hydrogens (tertiary/aromatic N) is 3. The predicted molar refractivity (Wildman–Crippen MR) is 68.1 cm³/mol. The predicted octanol–water partition coefficient (Wildman–Crippen LogP) is 1.45. The molecule has 0 atom stereocenters. The number of aliphatic carboxylic acids is 1. The van der Waals surface area contributed by atoms with Gasteiger partial charge in [0, 0.05) is 32.3 Å². The Morgan fingerprint density at radius 2 is 2.29 bits per heavy atom. The number of rotatable bonds is 5. The van der Waals surface area contributed by atoms with E-state index in [1.165, 1.54) is 0 Å². The molecular weight excluding hydrogens is 218 g/mol. The van der Waals surface area contributed by atoms with Gasteiger partial charge >= 0.3 is 5.97 Å². The average molecular weight is 235 g/mol. The highest BCUT2D eigenvalue weighted by molar-refractivity contribution is 5.87. The van der Waals surface area contributed by atoms with Gasteiger partial charge in [-0.25, -0.2) is 4.79 Å². The molecule has 0 aliphatic carbocycles. The van der Waals surface area contributed by atoms with Gasteiger partial charge in [0.15, 0.2) is 0 Å². The summed E-state index contributed by atoms with van der Waals surface area (Å²) >= 11 is 0. The summed E-state index contributed by atoms with van der Waals surface area (Å²) < 4.78 is 1.74. The minimum absolute atomic E-state index is 0.673. The Morgan fingerprint density at radius 3 is 2.82 bits per heavy atom. The Bertz CT molecular complexity index is 461. The molecule has 1 N–H and O–H groups in total. The number of carbonyl (C=O) groups is 1. The van der Waals surface area contributed by atoms with E-state index in [9.17, 15) is 4.79 Å². The first-order valence-corrected chi connectivity index (χ1v) is 5.24. The molecule has 0 fully saturated rings. The minimum Gasteiger partial charge on any atom is -0.478 e. The zero-order valence-electron chi connectivity index (χ0n) is 10.3. The number of aryl methyl sites for hydroxylation is 2. The van der Waals surface area contributed by atoms with Crippen molar-refractivity contribution < 1.29 is 9.90 Å². The van der Waals surface area contributed by atoms with E-state index in [-0.39, 0.29) is 0 Å². The Labute approximate surface area is 101 Å². The second kappa shape index (κ2) is 5.34. The maximum atomic E-state index is 10.6. The SMILES string of the molecule is C=CCN(C)c1c(/C=C/C(=O)O)c(C)nn1C. The molecule has 1 heterocycles. The zero-order chi connectivity index (χ0) is 13.0. The normalized spacial score (nSPS) is 10.8. The summed E-state index contributed by atoms with van der Waals surface area (Å²) in [6, 6.07) is 0. The fourth-order valence-corrected chi connectivity index (χ4v) is 1.74. The van der Waals surface area contributed by atoms with Crippen molar-refractivity contribution in [1.82, 2.24) is 9.78 Å². The van der Waals surface area contributed by atoms with Crippen LogP contribution >= 0.6 is 0 Å². The third-order valence-corrected chi connectivity index (χ3v) is 2.39. The summed E-state index contributed by atoms with van der Waals surface area (Å²) in [5.74, 6) is -0.0922. The topological polar surface area (TPSA) is 58.4 Å². The molecule has 0 amide bonds. The molecule has 0 spiro atoms. The number of hydrogen-bond acceptors (Lipinski definition) is 3. The lowest BCUT2D eigenvalue weighted by molar-refractivity contribution is -0.131. The highest BCUT2D eigenvalue weighted by atomic mass is 16.4. The Hall–Kier alpha value is -2.04. The molecule has 1 aromatic heterocycles. The van der Waals surface area contributed by atoms with Crippen LogP contribution in [0, 0.1) is 6.92 Å². The van der Waals surface area contributed by atoms with Gasteiger partial charge in [0.2, 0.25) is 0 Å². The molecule has 0 aliphatic heterocycles. The number of aromatic nitrogens is 2. The number of anilines is 1. The monoisotopic (exact) mass is 235 g/mol. The number of carboxylic acid groups (broad SMARTS) is 1. The fraction of sp³-hybridized carbons (Fsp3) is 0.333. The van der Waals surface area contributed by atoms with Crippen molar-refractivity contribution in [3.05, 3.63) is 30.0 Å². The van der Waals surface area contributed by atoms with Crippen molar-refractivity contribution in [1.29, 1.82) is 0 Å². The van der Waals surface area contributed by atoms with Gasteiger partial charge in [0.1, 0.15) is 5.82 Å². The lowest BCUT2D eigenvalue weighted by Gasteiger charge is -2.18. The van der Waals surface area contributed by atoms with E-state index in [4.69, 9.17) is 5.11 Å². The summed E-state index contributed by atoms with van der Waals surface area (Å²) in [4.78, 5) is 12.5. The van der Waals surface area contributed by atoms with Crippen molar-refractivity contribution in [3.8, 4) is 0 Å². The molecule has 17 heavy (non-hydrogen) atoms. The van der Waals surface area contributed by atoms with E-state index in [1.807, 2.05) is 25.9 Å². The van der Waals surface area contributed by atoms with Gasteiger partial charge in [-0.05, 0) is 13.0 Å². The third-order valence-electron chi connectivity index (χ3n) is 2.39. The van der Waals surface area contributed by atoms with Crippen molar-refractivity contribution in [3.63, 3.8) is 0 Å². The molecule has 0 aromatic carbocycles. The first-order chi connectivity index (χ1) is 7.97. The van der Waals surface area contributed by atoms with E-state index in [0.717, 1.165) is 23.2 Å². The summed E-state index contributed by atoms with van der Waals surface area (Å²) in [7, 11) is 3.75. The fourth-order valence-electron chi connectivity index (χ4n) is 1.74. The lowest BCUT2D eigenvalue weighted by Crippen LogP contribution is -2.20. The summed E-state index contributed by atoms with van der Waals surface area (Å²) in [5.41, 5.74) is 1.62. The highest BCUT2D eigenvalue weighted by Gasteiger charge is 2.14. The summed E-state index contributed by atoms with van der Waals surface area (Å²) in [6.07, 6.45) is 4.47. The van der Waals surface area contributed by atoms with Crippen LogP contribution in [0.2, 0.25) is 0 Å². The van der Waals surface area contributed by atoms with E-state index >= 15 is 0 Å². The van der Waals surface area contributed by atoms with Crippen molar-refractivity contribution in [2.24, 2.45) is 7.05 Å². The molecule has 0 bridgehead atoms. The van der Waals surface area contributed by atoms with Crippen molar-refractivity contribution in [2.45, 2.75) is 6.92 Å². The van der Waals surface area contributed by atoms with Gasteiger partial charge in [-0.3, -0.25) is 4.68 Å². The highest BCUT2D eigenvalue weighted by Crippen LogP contribution is 2.23. The van der Waals surface area contributed by atoms with Crippen LogP contribution in [0.25, 0.3) is 6.08 Å². The third kappa shape index (κ3) is 2.96. The van der Waals surface area contributed by atoms with Gasteiger partial charge in [0.25, 0.3) is 0 Å². The maximum Gasteiger partial charge on any atom is 0.328 e. The van der Waals surface area contributed by atoms with Crippen molar-refractivity contribution in [2.75, 3.05) is 18.5 Å². The molecule has 0 saturated carbocycles. The van der Waals surface area contributed by atoms with Crippen LogP contribution in [0.1, 0.15) is 11.3 Å². The molecule has 1 aromatic rings. The summed E-state index contributed by atoms with van der Waals surface area (Å²) in [6.45, 7) is 6.21. The molecule has 0 unspecified atom stereocenters. The van der Waals surface area contributed by atoms with E-state index in [2.05, 4.69) is 11.7 Å². The van der Waals surface area contributed by atoms with Crippen LogP contribution < -0.4 is 4.90 Å². The minimum atomic E-state index is -0.967. The average Bonchev–Trinajstić information content (AvgIpc) is 2.50. The van der Waals surface area contributed by atoms with E-state index in [1.54, 1.807) is 16.8 Å². The molecule has 0 radical (unpaired) electrons. The first kappa shape index (κ1) is 13.0. The maximum absolute atomic E-state index is 10.6. The Kier molecular flexibility index (Phi) is 4.09. The number of likely N-dealkylation sites (N-methyl/N-ethyl adjacent to an activating group) is 1. The standard InChI is InChI=1S/C12H17N3O2/c1-5-8-14(3)12-10(6-7-11(16)17)9(2)13-15(12)4/h5-7H,1,8H2,2-4H3,(H,16,17)/b7-6+. The van der Waals surface area contributed by atoms with Crippen LogP contribution in [-0.4, -0.2) is 34.4 Å². The van der Waals surface area contributed by atoms with Gasteiger partial charge in [-0.1, -0.05) is 6.08 Å².